The van der Waals surface area contributed by atoms with Gasteiger partial charge in [-0.25, -0.2) is 19.9 Å². The Morgan fingerprint density at radius 2 is 1.23 bits per heavy atom. The highest BCUT2D eigenvalue weighted by Gasteiger charge is 2.04. The summed E-state index contributed by atoms with van der Waals surface area (Å²) in [5.41, 5.74) is 7.62. The van der Waals surface area contributed by atoms with Crippen molar-refractivity contribution >= 4 is 40.5 Å². The molecule has 0 aliphatic carbocycles. The van der Waals surface area contributed by atoms with Crippen LogP contribution in [0.3, 0.4) is 0 Å². The lowest BCUT2D eigenvalue weighted by atomic mass is 10.1. The maximum absolute atomic E-state index is 9.64. The van der Waals surface area contributed by atoms with Gasteiger partial charge in [0.2, 0.25) is 0 Å². The van der Waals surface area contributed by atoms with Gasteiger partial charge in [0.1, 0.15) is 28.1 Å². The number of rotatable bonds is 4. The third kappa shape index (κ3) is 9.70. The molecular weight excluding hydrogens is 517 g/mol. The number of aromatic hydroxyl groups is 2. The molecule has 0 saturated heterocycles. The number of nitrogens with zero attached hydrogens (tertiary/aromatic N) is 4. The first-order valence-electron chi connectivity index (χ1n) is 9.79. The van der Waals surface area contributed by atoms with Gasteiger partial charge in [-0.1, -0.05) is 40.9 Å². The number of hydrogen-bond acceptors (Lipinski definition) is 9. The summed E-state index contributed by atoms with van der Waals surface area (Å²) in [5.74, 6) is 1.08. The monoisotopic (exact) mass is 537 g/mol. The zero-order chi connectivity index (χ0) is 25.8. The molecule has 0 spiro atoms. The van der Waals surface area contributed by atoms with E-state index in [1.807, 2.05) is 6.07 Å². The van der Waals surface area contributed by atoms with Gasteiger partial charge in [0, 0.05) is 29.9 Å². The van der Waals surface area contributed by atoms with Crippen LogP contribution in [0, 0.1) is 0 Å². The first-order valence-corrected chi connectivity index (χ1v) is 10.9. The summed E-state index contributed by atoms with van der Waals surface area (Å²) < 4.78 is 9.77. The van der Waals surface area contributed by atoms with Gasteiger partial charge in [0.05, 0.1) is 14.2 Å². The molecule has 12 heteroatoms. The molecule has 4 rings (SSSR count). The lowest BCUT2D eigenvalue weighted by molar-refractivity contribution is 0.373. The van der Waals surface area contributed by atoms with Gasteiger partial charge < -0.3 is 25.4 Å². The Kier molecular flexibility index (Phi) is 11.1. The molecule has 0 atom stereocenters. The fourth-order valence-electron chi connectivity index (χ4n) is 2.54. The van der Waals surface area contributed by atoms with Crippen LogP contribution in [0.1, 0.15) is 11.3 Å². The van der Waals surface area contributed by atoms with E-state index in [1.54, 1.807) is 30.3 Å². The molecule has 0 bridgehead atoms. The summed E-state index contributed by atoms with van der Waals surface area (Å²) in [4.78, 5) is 15.1. The van der Waals surface area contributed by atoms with Crippen molar-refractivity contribution in [2.75, 3.05) is 20.0 Å². The predicted molar refractivity (Wildman–Crippen MR) is 136 cm³/mol. The lowest BCUT2D eigenvalue weighted by Crippen LogP contribution is -1.93. The second-order valence-electron chi connectivity index (χ2n) is 6.61. The number of phenolic OH excluding ortho intramolecular Hbond substituents is 2. The number of methoxy groups -OCH3 is 2. The predicted octanol–water partition coefficient (Wildman–Crippen LogP) is 5.20. The molecule has 4 aromatic rings. The van der Waals surface area contributed by atoms with Crippen molar-refractivity contribution in [2.45, 2.75) is 6.42 Å². The van der Waals surface area contributed by atoms with Crippen LogP contribution in [0.25, 0.3) is 0 Å². The topological polar surface area (TPSA) is 136 Å². The average molecular weight is 539 g/mol. The number of benzene rings is 2. The van der Waals surface area contributed by atoms with Crippen LogP contribution in [0.5, 0.6) is 23.0 Å². The van der Waals surface area contributed by atoms with Crippen LogP contribution >= 0.6 is 34.8 Å². The van der Waals surface area contributed by atoms with Gasteiger partial charge in [-0.3, -0.25) is 0 Å². The summed E-state index contributed by atoms with van der Waals surface area (Å²) >= 11 is 16.6. The molecule has 184 valence electrons. The lowest BCUT2D eigenvalue weighted by Gasteiger charge is -2.06. The Bertz CT molecular complexity index is 1230. The van der Waals surface area contributed by atoms with Crippen LogP contribution in [0.15, 0.2) is 61.2 Å². The molecule has 0 saturated carbocycles. The third-order valence-electron chi connectivity index (χ3n) is 4.12. The molecule has 0 aliphatic rings. The minimum Gasteiger partial charge on any atom is -0.504 e. The van der Waals surface area contributed by atoms with Gasteiger partial charge >= 0.3 is 0 Å². The molecule has 0 amide bonds. The van der Waals surface area contributed by atoms with Crippen LogP contribution in [0.4, 0.5) is 5.69 Å². The number of halogens is 3. The molecule has 9 nitrogen and oxygen atoms in total. The van der Waals surface area contributed by atoms with E-state index in [2.05, 4.69) is 19.9 Å². The van der Waals surface area contributed by atoms with E-state index < -0.39 is 0 Å². The standard InChI is InChI=1S/C12H11ClN2O2.C7H9NO2.C4H2Cl2N2/c1-17-11-3-2-8(5-10(11)16)4-9-6-12(13)15-7-14-9;1-10-7-3-2-5(8)4-6(7)9;5-3-1-4(6)8-2-7-3/h2-3,5-7,16H,4H2,1H3;2-4,9H,8H2,1H3;1-2H. The zero-order valence-corrected chi connectivity index (χ0v) is 21.0. The van der Waals surface area contributed by atoms with Crippen molar-refractivity contribution in [2.24, 2.45) is 0 Å². The van der Waals surface area contributed by atoms with E-state index in [-0.39, 0.29) is 11.5 Å². The Morgan fingerprint density at radius 3 is 1.69 bits per heavy atom. The smallest absolute Gasteiger partial charge is 0.160 e. The van der Waals surface area contributed by atoms with Crippen molar-refractivity contribution in [1.82, 2.24) is 19.9 Å². The van der Waals surface area contributed by atoms with Crippen molar-refractivity contribution in [3.05, 3.63) is 87.9 Å². The summed E-state index contributed by atoms with van der Waals surface area (Å²) in [6.07, 6.45) is 3.31. The Labute approximate surface area is 217 Å². The average Bonchev–Trinajstić information content (AvgIpc) is 2.80. The van der Waals surface area contributed by atoms with E-state index in [1.165, 1.54) is 39.0 Å². The van der Waals surface area contributed by atoms with Crippen LogP contribution in [-0.4, -0.2) is 44.4 Å². The van der Waals surface area contributed by atoms with Crippen LogP contribution in [0.2, 0.25) is 15.5 Å². The summed E-state index contributed by atoms with van der Waals surface area (Å²) in [6.45, 7) is 0. The molecule has 35 heavy (non-hydrogen) atoms. The highest BCUT2D eigenvalue weighted by atomic mass is 35.5. The second kappa shape index (κ2) is 14.0. The van der Waals surface area contributed by atoms with E-state index >= 15 is 0 Å². The Balaban J connectivity index is 0.000000204. The third-order valence-corrected chi connectivity index (χ3v) is 4.74. The molecule has 2 aromatic carbocycles. The summed E-state index contributed by atoms with van der Waals surface area (Å²) in [5, 5.41) is 19.9. The molecule has 2 heterocycles. The summed E-state index contributed by atoms with van der Waals surface area (Å²) in [7, 11) is 3.00. The SMILES string of the molecule is COc1ccc(Cc2cc(Cl)ncn2)cc1O.COc1ccc(N)cc1O.Clc1cc(Cl)ncn1. The Morgan fingerprint density at radius 1 is 0.714 bits per heavy atom. The number of nitrogen functional groups attached to an aromatic ring is 1. The minimum atomic E-state index is 0.0718. The van der Waals surface area contributed by atoms with Gasteiger partial charge in [-0.05, 0) is 35.9 Å². The van der Waals surface area contributed by atoms with E-state index in [0.29, 0.717) is 39.1 Å². The second-order valence-corrected chi connectivity index (χ2v) is 7.77. The number of hydrogen-bond donors (Lipinski definition) is 3. The summed E-state index contributed by atoms with van der Waals surface area (Å²) in [6, 6.07) is 13.1. The number of aromatic nitrogens is 4. The quantitative estimate of drug-likeness (QED) is 0.236. The van der Waals surface area contributed by atoms with Gasteiger partial charge in [0.25, 0.3) is 0 Å². The number of anilines is 1. The fraction of sp³-hybridized carbons (Fsp3) is 0.130. The highest BCUT2D eigenvalue weighted by Crippen LogP contribution is 2.27. The Hall–Kier alpha value is -3.53. The van der Waals surface area contributed by atoms with Crippen LogP contribution in [-0.2, 0) is 6.42 Å². The maximum atomic E-state index is 9.64. The molecule has 4 N–H and O–H groups in total. The largest absolute Gasteiger partial charge is 0.504 e. The number of phenols is 2. The van der Waals surface area contributed by atoms with Crippen molar-refractivity contribution < 1.29 is 19.7 Å². The van der Waals surface area contributed by atoms with Gasteiger partial charge in [0.15, 0.2) is 23.0 Å². The first-order chi connectivity index (χ1) is 16.7. The molecule has 0 unspecified atom stereocenters. The van der Waals surface area contributed by atoms with E-state index in [0.717, 1.165) is 11.3 Å². The van der Waals surface area contributed by atoms with E-state index in [9.17, 15) is 5.11 Å². The van der Waals surface area contributed by atoms with Crippen molar-refractivity contribution in [3.8, 4) is 23.0 Å². The highest BCUT2D eigenvalue weighted by molar-refractivity contribution is 6.33. The molecule has 0 fully saturated rings. The van der Waals surface area contributed by atoms with Gasteiger partial charge in [-0.15, -0.1) is 0 Å². The van der Waals surface area contributed by atoms with Crippen molar-refractivity contribution in [1.29, 1.82) is 0 Å². The fourth-order valence-corrected chi connectivity index (χ4v) is 3.06. The number of nitrogens with two attached hydrogens (primary N) is 1. The molecule has 2 aromatic heterocycles. The van der Waals surface area contributed by atoms with E-state index in [4.69, 9.17) is 55.1 Å². The first kappa shape index (κ1) is 27.7. The zero-order valence-electron chi connectivity index (χ0n) is 18.7. The van der Waals surface area contributed by atoms with Crippen molar-refractivity contribution in [3.63, 3.8) is 0 Å². The minimum absolute atomic E-state index is 0.0718. The maximum Gasteiger partial charge on any atom is 0.160 e. The van der Waals surface area contributed by atoms with Gasteiger partial charge in [-0.2, -0.15) is 0 Å². The number of ether oxygens (including phenoxy) is 2. The molecular formula is C23H22Cl3N5O4. The molecule has 0 aliphatic heterocycles. The van der Waals surface area contributed by atoms with Crippen LogP contribution < -0.4 is 15.2 Å². The molecule has 0 radical (unpaired) electrons. The normalized spacial score (nSPS) is 9.74.